The number of hydrogen-bond donors (Lipinski definition) is 0. The summed E-state index contributed by atoms with van der Waals surface area (Å²) in [5, 5.41) is 0. The minimum Gasteiger partial charge on any atom is -0.463 e. The molecule has 1 atom stereocenters. The second-order valence-electron chi connectivity index (χ2n) is 5.83. The largest absolute Gasteiger partial charge is 0.463 e. The number of ether oxygens (including phenoxy) is 1. The van der Waals surface area contributed by atoms with Crippen LogP contribution in [0.4, 0.5) is 0 Å². The van der Waals surface area contributed by atoms with Crippen molar-refractivity contribution in [3.63, 3.8) is 0 Å². The first-order chi connectivity index (χ1) is 12.3. The van der Waals surface area contributed by atoms with Crippen molar-refractivity contribution >= 4 is 5.97 Å². The lowest BCUT2D eigenvalue weighted by molar-refractivity contribution is -0.137. The molecule has 1 rings (SSSR count). The molecule has 134 valence electrons. The van der Waals surface area contributed by atoms with Crippen LogP contribution in [0.1, 0.15) is 38.7 Å². The van der Waals surface area contributed by atoms with Crippen molar-refractivity contribution in [2.24, 2.45) is 5.92 Å². The Morgan fingerprint density at radius 3 is 2.64 bits per heavy atom. The van der Waals surface area contributed by atoms with E-state index in [1.165, 1.54) is 11.6 Å². The second kappa shape index (κ2) is 14.0. The van der Waals surface area contributed by atoms with Gasteiger partial charge < -0.3 is 4.74 Å². The van der Waals surface area contributed by atoms with Gasteiger partial charge in [0.2, 0.25) is 0 Å². The molecule has 0 saturated carbocycles. The summed E-state index contributed by atoms with van der Waals surface area (Å²) < 4.78 is 4.83. The first-order valence-corrected chi connectivity index (χ1v) is 9.09. The van der Waals surface area contributed by atoms with Crippen LogP contribution in [0, 0.1) is 5.92 Å². The van der Waals surface area contributed by atoms with E-state index < -0.39 is 0 Å². The number of benzene rings is 1. The molecule has 0 fully saturated rings. The molecule has 0 saturated heterocycles. The SMILES string of the molecule is C/C=C/C=C/C(CCC/C=C/C=C/C(=O)OCC)Cc1ccccc1. The van der Waals surface area contributed by atoms with Crippen LogP contribution < -0.4 is 0 Å². The van der Waals surface area contributed by atoms with E-state index in [0.29, 0.717) is 12.5 Å². The predicted molar refractivity (Wildman–Crippen MR) is 106 cm³/mol. The Balaban J connectivity index is 2.40. The van der Waals surface area contributed by atoms with Crippen molar-refractivity contribution in [1.29, 1.82) is 0 Å². The number of esters is 1. The molecule has 1 unspecified atom stereocenters. The molecule has 0 amide bonds. The molecule has 0 bridgehead atoms. The van der Waals surface area contributed by atoms with Crippen LogP contribution in [0.5, 0.6) is 0 Å². The molecule has 0 aliphatic heterocycles. The van der Waals surface area contributed by atoms with Crippen molar-refractivity contribution in [2.45, 2.75) is 39.5 Å². The summed E-state index contributed by atoms with van der Waals surface area (Å²) in [4.78, 5) is 11.2. The topological polar surface area (TPSA) is 26.3 Å². The average molecular weight is 338 g/mol. The lowest BCUT2D eigenvalue weighted by Crippen LogP contribution is -2.01. The van der Waals surface area contributed by atoms with Gasteiger partial charge in [-0.2, -0.15) is 0 Å². The smallest absolute Gasteiger partial charge is 0.330 e. The van der Waals surface area contributed by atoms with E-state index in [4.69, 9.17) is 4.74 Å². The molecule has 25 heavy (non-hydrogen) atoms. The Kier molecular flexibility index (Phi) is 11.6. The van der Waals surface area contributed by atoms with Gasteiger partial charge in [-0.15, -0.1) is 0 Å². The van der Waals surface area contributed by atoms with Crippen LogP contribution in [-0.4, -0.2) is 12.6 Å². The molecular weight excluding hydrogens is 308 g/mol. The van der Waals surface area contributed by atoms with Crippen molar-refractivity contribution in [1.82, 2.24) is 0 Å². The summed E-state index contributed by atoms with van der Waals surface area (Å²) in [6.45, 7) is 4.25. The molecule has 0 radical (unpaired) electrons. The molecule has 0 aromatic heterocycles. The number of carbonyl (C=O) groups excluding carboxylic acids is 1. The summed E-state index contributed by atoms with van der Waals surface area (Å²) >= 11 is 0. The van der Waals surface area contributed by atoms with Crippen LogP contribution in [0.3, 0.4) is 0 Å². The first kappa shape index (κ1) is 20.7. The number of hydrogen-bond acceptors (Lipinski definition) is 2. The molecule has 0 aliphatic carbocycles. The van der Waals surface area contributed by atoms with Gasteiger partial charge in [0.05, 0.1) is 6.61 Å². The fraction of sp³-hybridized carbons (Fsp3) is 0.348. The normalized spacial score (nSPS) is 13.4. The van der Waals surface area contributed by atoms with Crippen LogP contribution in [-0.2, 0) is 16.0 Å². The molecule has 2 nitrogen and oxygen atoms in total. The highest BCUT2D eigenvalue weighted by Gasteiger charge is 2.05. The first-order valence-electron chi connectivity index (χ1n) is 9.09. The maximum absolute atomic E-state index is 11.2. The molecule has 2 heteroatoms. The Bertz CT molecular complexity index is 579. The minimum absolute atomic E-state index is 0.288. The molecule has 0 heterocycles. The van der Waals surface area contributed by atoms with Gasteiger partial charge >= 0.3 is 5.97 Å². The van der Waals surface area contributed by atoms with Crippen molar-refractivity contribution in [3.05, 3.63) is 84.5 Å². The van der Waals surface area contributed by atoms with E-state index in [1.54, 1.807) is 13.0 Å². The van der Waals surface area contributed by atoms with E-state index >= 15 is 0 Å². The fourth-order valence-electron chi connectivity index (χ4n) is 2.51. The third-order valence-corrected chi connectivity index (χ3v) is 3.74. The van der Waals surface area contributed by atoms with Gasteiger partial charge in [-0.25, -0.2) is 4.79 Å². The zero-order chi connectivity index (χ0) is 18.2. The standard InChI is InChI=1S/C23H30O2/c1-3-5-10-15-21(20-22-17-12-9-13-18-22)16-11-7-6-8-14-19-23(24)25-4-2/h3,5-6,8-10,12-15,17-19,21H,4,7,11,16,20H2,1-2H3/b5-3+,8-6+,15-10+,19-14+. The number of carbonyl (C=O) groups is 1. The quantitative estimate of drug-likeness (QED) is 0.220. The average Bonchev–Trinajstić information content (AvgIpc) is 2.62. The Labute approximate surface area is 152 Å². The highest BCUT2D eigenvalue weighted by atomic mass is 16.5. The zero-order valence-electron chi connectivity index (χ0n) is 15.4. The third-order valence-electron chi connectivity index (χ3n) is 3.74. The van der Waals surface area contributed by atoms with Crippen LogP contribution in [0.2, 0.25) is 0 Å². The van der Waals surface area contributed by atoms with Gasteiger partial charge in [0, 0.05) is 6.08 Å². The molecule has 1 aromatic carbocycles. The van der Waals surface area contributed by atoms with Crippen LogP contribution in [0.15, 0.2) is 78.9 Å². The monoisotopic (exact) mass is 338 g/mol. The van der Waals surface area contributed by atoms with Gasteiger partial charge in [-0.1, -0.05) is 72.9 Å². The summed E-state index contributed by atoms with van der Waals surface area (Å²) in [6.07, 6.45) is 20.1. The van der Waals surface area contributed by atoms with Gasteiger partial charge in [0.25, 0.3) is 0 Å². The van der Waals surface area contributed by atoms with Gasteiger partial charge in [-0.05, 0) is 51.0 Å². The third kappa shape index (κ3) is 10.9. The molecule has 0 N–H and O–H groups in total. The van der Waals surface area contributed by atoms with Gasteiger partial charge in [-0.3, -0.25) is 0 Å². The van der Waals surface area contributed by atoms with E-state index in [0.717, 1.165) is 25.7 Å². The summed E-state index contributed by atoms with van der Waals surface area (Å²) in [7, 11) is 0. The number of unbranched alkanes of at least 4 members (excludes halogenated alkanes) is 1. The van der Waals surface area contributed by atoms with Gasteiger partial charge in [0.1, 0.15) is 0 Å². The van der Waals surface area contributed by atoms with E-state index in [2.05, 4.69) is 60.7 Å². The molecule has 0 aliphatic rings. The Morgan fingerprint density at radius 1 is 1.12 bits per heavy atom. The van der Waals surface area contributed by atoms with Crippen molar-refractivity contribution in [3.8, 4) is 0 Å². The maximum atomic E-state index is 11.2. The summed E-state index contributed by atoms with van der Waals surface area (Å²) in [6, 6.07) is 10.6. The lowest BCUT2D eigenvalue weighted by atomic mass is 9.93. The highest BCUT2D eigenvalue weighted by molar-refractivity contribution is 5.82. The van der Waals surface area contributed by atoms with Crippen molar-refractivity contribution in [2.75, 3.05) is 6.61 Å². The second-order valence-corrected chi connectivity index (χ2v) is 5.83. The van der Waals surface area contributed by atoms with E-state index in [1.807, 2.05) is 13.0 Å². The van der Waals surface area contributed by atoms with Crippen LogP contribution >= 0.6 is 0 Å². The number of rotatable bonds is 11. The fourth-order valence-corrected chi connectivity index (χ4v) is 2.51. The van der Waals surface area contributed by atoms with Gasteiger partial charge in [0.15, 0.2) is 0 Å². The highest BCUT2D eigenvalue weighted by Crippen LogP contribution is 2.17. The van der Waals surface area contributed by atoms with Crippen LogP contribution in [0.25, 0.3) is 0 Å². The minimum atomic E-state index is -0.288. The maximum Gasteiger partial charge on any atom is 0.330 e. The number of allylic oxidation sites excluding steroid dienone is 7. The molecular formula is C23H30O2. The predicted octanol–water partition coefficient (Wildman–Crippen LogP) is 5.82. The van der Waals surface area contributed by atoms with Crippen molar-refractivity contribution < 1.29 is 9.53 Å². The Morgan fingerprint density at radius 2 is 1.92 bits per heavy atom. The Hall–Kier alpha value is -2.35. The van der Waals surface area contributed by atoms with E-state index in [-0.39, 0.29) is 5.97 Å². The summed E-state index contributed by atoms with van der Waals surface area (Å²) in [5.74, 6) is 0.256. The molecule has 1 aromatic rings. The lowest BCUT2D eigenvalue weighted by Gasteiger charge is -2.12. The summed E-state index contributed by atoms with van der Waals surface area (Å²) in [5.41, 5.74) is 1.38. The molecule has 0 spiro atoms. The zero-order valence-corrected chi connectivity index (χ0v) is 15.4. The van der Waals surface area contributed by atoms with E-state index in [9.17, 15) is 4.79 Å².